The lowest BCUT2D eigenvalue weighted by molar-refractivity contribution is -0.389. The number of fused-ring (bicyclic) bond motifs is 4. The van der Waals surface area contributed by atoms with Crippen LogP contribution in [-0.4, -0.2) is 242 Å². The minimum atomic E-state index is -5.19. The maximum atomic E-state index is 14.5. The first-order chi connectivity index (χ1) is 37.8. The van der Waals surface area contributed by atoms with E-state index < -0.39 is 198 Å². The van der Waals surface area contributed by atoms with E-state index in [-0.39, 0.29) is 11.8 Å². The minimum absolute atomic E-state index is 0.111. The van der Waals surface area contributed by atoms with Gasteiger partial charge in [-0.25, -0.2) is 4.18 Å². The number of carbonyl (C=O) groups excluding carboxylic acids is 1. The van der Waals surface area contributed by atoms with E-state index in [0.717, 1.165) is 18.4 Å². The molecule has 5 heterocycles. The molecule has 26 nitrogen and oxygen atoms in total. The number of allylic oxidation sites excluding steroid dienone is 1. The molecule has 81 heavy (non-hydrogen) atoms. The van der Waals surface area contributed by atoms with Gasteiger partial charge in [-0.15, -0.1) is 0 Å². The normalized spacial score (nSPS) is 51.7. The fourth-order valence-electron chi connectivity index (χ4n) is 16.4. The first-order valence-corrected chi connectivity index (χ1v) is 29.9. The fourth-order valence-corrected chi connectivity index (χ4v) is 16.9. The second-order valence-corrected chi connectivity index (χ2v) is 27.1. The van der Waals surface area contributed by atoms with Crippen LogP contribution in [0.25, 0.3) is 0 Å². The van der Waals surface area contributed by atoms with Crippen LogP contribution >= 0.6 is 0 Å². The third kappa shape index (κ3) is 10.4. The van der Waals surface area contributed by atoms with Gasteiger partial charge in [-0.1, -0.05) is 59.6 Å². The Balaban J connectivity index is 0.911. The van der Waals surface area contributed by atoms with Crippen LogP contribution in [0.1, 0.15) is 113 Å². The van der Waals surface area contributed by atoms with Crippen LogP contribution in [-0.2, 0) is 66.7 Å². The lowest BCUT2D eigenvalue weighted by atomic mass is 9.40. The number of aliphatic hydroxyl groups excluding tert-OH is 10. The Morgan fingerprint density at radius 2 is 1.30 bits per heavy atom. The summed E-state index contributed by atoms with van der Waals surface area (Å²) in [6.45, 7) is 13.5. The Bertz CT molecular complexity index is 2380. The van der Waals surface area contributed by atoms with E-state index in [0.29, 0.717) is 50.9 Å². The van der Waals surface area contributed by atoms with Crippen LogP contribution in [0.4, 0.5) is 0 Å². The summed E-state index contributed by atoms with van der Waals surface area (Å²) in [6.07, 6.45) is -27.3. The Kier molecular flexibility index (Phi) is 18.2. The van der Waals surface area contributed by atoms with Gasteiger partial charge in [0, 0.05) is 7.11 Å². The predicted molar refractivity (Wildman–Crippen MR) is 274 cm³/mol. The Hall–Kier alpha value is -1.72. The zero-order valence-electron chi connectivity index (χ0n) is 47.4. The number of ether oxygens (including phenoxy) is 10. The van der Waals surface area contributed by atoms with Crippen molar-refractivity contribution in [2.24, 2.45) is 39.4 Å². The molecule has 3 saturated carbocycles. The highest BCUT2D eigenvalue weighted by atomic mass is 32.3. The van der Waals surface area contributed by atoms with Crippen LogP contribution in [0.3, 0.4) is 0 Å². The van der Waals surface area contributed by atoms with E-state index in [9.17, 15) is 73.9 Å². The van der Waals surface area contributed by atoms with Gasteiger partial charge >= 0.3 is 16.4 Å². The maximum absolute atomic E-state index is 14.5. The molecule has 28 atom stereocenters. The standard InChI is InChI=1S/C54H88O26S/c1-23(2)11-10-15-52(8)53(66)18-17-51(7)25-12-13-30-49(4,5)32(14-16-50(30,6)26(25)19-31(57)54(51,53)48(65)79-52)75-47-43(35(60)29(22-71-47)80-81(67,68)69)78-44-37(62)36(61)40(24(3)72-44)76-46-39(64)42(34(59)28(21-56)74-46)77-45-38(63)41(70-9)33(58)27(20-55)73-45/h19,23-25,27-47,55-64,66H,10-18,20-22H2,1-9H3,(H,67,68,69)/t24?,25-,27?,28?,29-,30+,31?,32+,33-,34-,35?,36?,37?,38?,39?,40-,41?,42?,43?,44+,45+,46+,47+,50-,51+,52+,53+,54?/m1/s1. The molecule has 9 aliphatic rings. The molecule has 466 valence electrons. The van der Waals surface area contributed by atoms with Crippen molar-refractivity contribution < 1.29 is 125 Å². The maximum Gasteiger partial charge on any atom is 0.397 e. The van der Waals surface area contributed by atoms with Gasteiger partial charge in [-0.3, -0.25) is 9.35 Å². The molecule has 0 aromatic heterocycles. The van der Waals surface area contributed by atoms with Crippen molar-refractivity contribution in [3.8, 4) is 0 Å². The van der Waals surface area contributed by atoms with E-state index in [1.165, 1.54) is 14.0 Å². The number of hydrogen-bond donors (Lipinski definition) is 12. The molecule has 0 aromatic rings. The summed E-state index contributed by atoms with van der Waals surface area (Å²) in [6, 6.07) is 0. The summed E-state index contributed by atoms with van der Waals surface area (Å²) < 4.78 is 97.9. The molecule has 13 unspecified atom stereocenters. The van der Waals surface area contributed by atoms with Gasteiger partial charge in [0.1, 0.15) is 102 Å². The number of hydrogen-bond acceptors (Lipinski definition) is 25. The second kappa shape index (κ2) is 23.1. The van der Waals surface area contributed by atoms with Gasteiger partial charge in [0.2, 0.25) is 0 Å². The zero-order chi connectivity index (χ0) is 59.5. The van der Waals surface area contributed by atoms with Crippen LogP contribution in [0.2, 0.25) is 0 Å². The van der Waals surface area contributed by atoms with Crippen molar-refractivity contribution in [3.05, 3.63) is 11.6 Å². The van der Waals surface area contributed by atoms with E-state index in [4.69, 9.17) is 51.6 Å². The van der Waals surface area contributed by atoms with E-state index in [1.807, 2.05) is 33.8 Å². The molecular weight excluding hydrogens is 1100 g/mol. The predicted octanol–water partition coefficient (Wildman–Crippen LogP) is -1.40. The lowest BCUT2D eigenvalue weighted by Gasteiger charge is -2.64. The first kappa shape index (κ1) is 63.8. The molecule has 12 N–H and O–H groups in total. The average molecular weight is 1190 g/mol. The van der Waals surface area contributed by atoms with Crippen molar-refractivity contribution >= 4 is 16.4 Å². The van der Waals surface area contributed by atoms with Crippen LogP contribution in [0, 0.1) is 39.4 Å². The van der Waals surface area contributed by atoms with E-state index >= 15 is 0 Å². The second-order valence-electron chi connectivity index (χ2n) is 26.0. The highest BCUT2D eigenvalue weighted by Crippen LogP contribution is 2.77. The third-order valence-electron chi connectivity index (χ3n) is 20.8. The summed E-state index contributed by atoms with van der Waals surface area (Å²) in [5.74, 6) is -0.430. The summed E-state index contributed by atoms with van der Waals surface area (Å²) in [7, 11) is -4.01. The molecule has 8 fully saturated rings. The van der Waals surface area contributed by atoms with Crippen molar-refractivity contribution in [1.29, 1.82) is 0 Å². The van der Waals surface area contributed by atoms with E-state index in [1.54, 1.807) is 0 Å². The molecule has 1 spiro atoms. The monoisotopic (exact) mass is 1180 g/mol. The zero-order valence-corrected chi connectivity index (χ0v) is 48.2. The number of cyclic esters (lactones) is 1. The smallest absolute Gasteiger partial charge is 0.397 e. The number of rotatable bonds is 17. The topological polar surface area (TPSA) is 396 Å². The van der Waals surface area contributed by atoms with Crippen LogP contribution < -0.4 is 0 Å². The fraction of sp³-hybridized carbons (Fsp3) is 0.944. The van der Waals surface area contributed by atoms with Gasteiger partial charge < -0.3 is 104 Å². The molecule has 4 aliphatic carbocycles. The van der Waals surface area contributed by atoms with E-state index in [2.05, 4.69) is 20.8 Å². The van der Waals surface area contributed by atoms with Crippen LogP contribution in [0.5, 0.6) is 0 Å². The van der Waals surface area contributed by atoms with Gasteiger partial charge in [0.05, 0.1) is 38.1 Å². The van der Waals surface area contributed by atoms with Crippen molar-refractivity contribution in [2.45, 2.75) is 253 Å². The number of methoxy groups -OCH3 is 1. The molecule has 0 bridgehead atoms. The van der Waals surface area contributed by atoms with Gasteiger partial charge in [-0.05, 0) is 99.2 Å². The van der Waals surface area contributed by atoms with Crippen molar-refractivity contribution in [3.63, 3.8) is 0 Å². The molecule has 0 aromatic carbocycles. The number of esters is 1. The Labute approximate surface area is 471 Å². The lowest BCUT2D eigenvalue weighted by Crippen LogP contribution is -2.68. The molecule has 0 amide bonds. The number of carbonyl (C=O) groups is 1. The highest BCUT2D eigenvalue weighted by molar-refractivity contribution is 7.80. The van der Waals surface area contributed by atoms with Crippen molar-refractivity contribution in [1.82, 2.24) is 0 Å². The highest BCUT2D eigenvalue weighted by Gasteiger charge is 2.85. The molecule has 9 rings (SSSR count). The summed E-state index contributed by atoms with van der Waals surface area (Å²) in [4.78, 5) is 14.5. The van der Waals surface area contributed by atoms with Crippen LogP contribution in [0.15, 0.2) is 11.6 Å². The molecule has 0 radical (unpaired) electrons. The third-order valence-corrected chi connectivity index (χ3v) is 21.3. The molecule has 5 aliphatic heterocycles. The Morgan fingerprint density at radius 3 is 1.90 bits per heavy atom. The largest absolute Gasteiger partial charge is 0.456 e. The van der Waals surface area contributed by atoms with Gasteiger partial charge in [0.25, 0.3) is 0 Å². The summed E-state index contributed by atoms with van der Waals surface area (Å²) in [5, 5.41) is 125. The molecule has 5 saturated heterocycles. The van der Waals surface area contributed by atoms with Gasteiger partial charge in [0.15, 0.2) is 25.2 Å². The number of aliphatic hydroxyl groups is 11. The summed E-state index contributed by atoms with van der Waals surface area (Å²) >= 11 is 0. The first-order valence-electron chi connectivity index (χ1n) is 28.5. The minimum Gasteiger partial charge on any atom is -0.456 e. The quantitative estimate of drug-likeness (QED) is 0.0345. The summed E-state index contributed by atoms with van der Waals surface area (Å²) in [5.41, 5.74) is -5.44. The SMILES string of the molecule is COC1C(O)[C@H](OC2C(O)[C@H](O[C@@H]3C(C)O[C@@H](OC4C(O)[C@H](OS(=O)(=O)O)CO[C@H]4O[C@H]4CC[C@]5(C)C6=CC(O)C78C(=O)O[C@@](C)(CCCC(C)C)[C@@]7(O)CC[C@@]8(C)[C@@H]6CC[C@H]5C4(C)C)C(O)C3O)OC(CO)[C@H]2O)OC(CO)[C@H]1O. The Morgan fingerprint density at radius 1 is 0.704 bits per heavy atom. The van der Waals surface area contributed by atoms with Gasteiger partial charge in [-0.2, -0.15) is 8.42 Å². The molecule has 27 heteroatoms. The average Bonchev–Trinajstić information content (AvgIpc) is 1.78. The molecular formula is C54H88O26S. The van der Waals surface area contributed by atoms with Crippen molar-refractivity contribution in [2.75, 3.05) is 26.9 Å².